The lowest BCUT2D eigenvalue weighted by Crippen LogP contribution is -2.20. The first-order valence-corrected chi connectivity index (χ1v) is 5.84. The molecule has 90 valence electrons. The van der Waals surface area contributed by atoms with Crippen molar-refractivity contribution < 1.29 is 9.13 Å². The Bertz CT molecular complexity index is 515. The lowest BCUT2D eigenvalue weighted by Gasteiger charge is -2.05. The highest BCUT2D eigenvalue weighted by molar-refractivity contribution is 7.09. The molecule has 3 N–H and O–H groups in total. The Balaban J connectivity index is 2.40. The van der Waals surface area contributed by atoms with Gasteiger partial charge >= 0.3 is 0 Å². The smallest absolute Gasteiger partial charge is 0.128 e. The molecule has 0 aliphatic carbocycles. The summed E-state index contributed by atoms with van der Waals surface area (Å²) in [5, 5.41) is 2.69. The summed E-state index contributed by atoms with van der Waals surface area (Å²) >= 11 is 1.46. The van der Waals surface area contributed by atoms with E-state index >= 15 is 0 Å². The van der Waals surface area contributed by atoms with Crippen molar-refractivity contribution in [3.05, 3.63) is 34.4 Å². The average molecular weight is 253 g/mol. The van der Waals surface area contributed by atoms with E-state index < -0.39 is 0 Å². The number of methoxy groups -OCH3 is 1. The maximum absolute atomic E-state index is 13.2. The second-order valence-electron chi connectivity index (χ2n) is 3.35. The summed E-state index contributed by atoms with van der Waals surface area (Å²) in [5.41, 5.74) is 3.87. The van der Waals surface area contributed by atoms with Crippen LogP contribution in [-0.2, 0) is 6.54 Å². The average Bonchev–Trinajstić information content (AvgIpc) is 2.78. The first kappa shape index (κ1) is 12.0. The summed E-state index contributed by atoms with van der Waals surface area (Å²) in [6.45, 7) is 0.488. The molecule has 0 atom stereocenters. The second-order valence-corrected chi connectivity index (χ2v) is 4.29. The van der Waals surface area contributed by atoms with Crippen LogP contribution in [0.1, 0.15) is 5.01 Å². The Hall–Kier alpha value is -1.50. The van der Waals surface area contributed by atoms with Gasteiger partial charge in [-0.3, -0.25) is 11.3 Å². The third-order valence-electron chi connectivity index (χ3n) is 2.24. The highest BCUT2D eigenvalue weighted by Gasteiger charge is 2.10. The van der Waals surface area contributed by atoms with Crippen molar-refractivity contribution in [1.29, 1.82) is 0 Å². The van der Waals surface area contributed by atoms with Crippen LogP contribution in [-0.4, -0.2) is 12.1 Å². The Morgan fingerprint density at radius 2 is 2.35 bits per heavy atom. The van der Waals surface area contributed by atoms with Crippen molar-refractivity contribution in [2.45, 2.75) is 6.54 Å². The van der Waals surface area contributed by atoms with E-state index in [2.05, 4.69) is 10.4 Å². The second kappa shape index (κ2) is 5.22. The summed E-state index contributed by atoms with van der Waals surface area (Å²) in [6.07, 6.45) is 0. The maximum Gasteiger partial charge on any atom is 0.128 e. The number of ether oxygens (including phenoxy) is 1. The summed E-state index contributed by atoms with van der Waals surface area (Å²) in [5.74, 6) is 5.51. The van der Waals surface area contributed by atoms with Crippen LogP contribution in [0.2, 0.25) is 0 Å². The van der Waals surface area contributed by atoms with E-state index in [1.165, 1.54) is 23.5 Å². The van der Waals surface area contributed by atoms with Gasteiger partial charge in [0, 0.05) is 10.9 Å². The number of hydrogen-bond acceptors (Lipinski definition) is 5. The van der Waals surface area contributed by atoms with Crippen LogP contribution in [0.15, 0.2) is 23.6 Å². The fourth-order valence-corrected chi connectivity index (χ4v) is 2.23. The molecule has 0 bridgehead atoms. The zero-order chi connectivity index (χ0) is 12.3. The van der Waals surface area contributed by atoms with Crippen molar-refractivity contribution in [2.75, 3.05) is 7.11 Å². The fraction of sp³-hybridized carbons (Fsp3) is 0.182. The molecule has 0 saturated carbocycles. The number of nitrogens with one attached hydrogen (secondary N) is 1. The van der Waals surface area contributed by atoms with Gasteiger partial charge in [0.25, 0.3) is 0 Å². The molecule has 2 rings (SSSR count). The molecule has 17 heavy (non-hydrogen) atoms. The first-order valence-electron chi connectivity index (χ1n) is 4.96. The minimum Gasteiger partial charge on any atom is -0.496 e. The molecule has 4 nitrogen and oxygen atoms in total. The van der Waals surface area contributed by atoms with Gasteiger partial charge in [-0.2, -0.15) is 0 Å². The molecule has 0 saturated heterocycles. The third kappa shape index (κ3) is 2.60. The van der Waals surface area contributed by atoms with E-state index in [1.807, 2.05) is 5.38 Å². The molecule has 1 aromatic heterocycles. The topological polar surface area (TPSA) is 60.2 Å². The number of hydrogen-bond donors (Lipinski definition) is 2. The molecule has 1 aromatic carbocycles. The van der Waals surface area contributed by atoms with Gasteiger partial charge < -0.3 is 4.74 Å². The van der Waals surface area contributed by atoms with Crippen LogP contribution in [0.25, 0.3) is 11.3 Å². The number of nitrogens with two attached hydrogens (primary N) is 1. The number of nitrogens with zero attached hydrogens (tertiary/aromatic N) is 1. The van der Waals surface area contributed by atoms with Crippen molar-refractivity contribution in [3.63, 3.8) is 0 Å². The van der Waals surface area contributed by atoms with Crippen molar-refractivity contribution in [1.82, 2.24) is 10.4 Å². The highest BCUT2D eigenvalue weighted by Crippen LogP contribution is 2.31. The van der Waals surface area contributed by atoms with Crippen molar-refractivity contribution in [3.8, 4) is 17.0 Å². The van der Waals surface area contributed by atoms with E-state index in [9.17, 15) is 4.39 Å². The van der Waals surface area contributed by atoms with Crippen LogP contribution < -0.4 is 16.0 Å². The molecule has 0 aliphatic rings. The molecule has 0 radical (unpaired) electrons. The van der Waals surface area contributed by atoms with Gasteiger partial charge in [0.05, 0.1) is 19.3 Å². The van der Waals surface area contributed by atoms with Crippen LogP contribution >= 0.6 is 11.3 Å². The summed E-state index contributed by atoms with van der Waals surface area (Å²) in [4.78, 5) is 4.35. The van der Waals surface area contributed by atoms with E-state index in [0.29, 0.717) is 23.6 Å². The van der Waals surface area contributed by atoms with Crippen LogP contribution in [0, 0.1) is 5.82 Å². The number of benzene rings is 1. The summed E-state index contributed by atoms with van der Waals surface area (Å²) in [7, 11) is 1.55. The van der Waals surface area contributed by atoms with Crippen LogP contribution in [0.4, 0.5) is 4.39 Å². The minimum absolute atomic E-state index is 0.313. The zero-order valence-electron chi connectivity index (χ0n) is 9.24. The van der Waals surface area contributed by atoms with Gasteiger partial charge in [-0.25, -0.2) is 9.37 Å². The quantitative estimate of drug-likeness (QED) is 0.645. The third-order valence-corrected chi connectivity index (χ3v) is 3.09. The van der Waals surface area contributed by atoms with Crippen molar-refractivity contribution >= 4 is 11.3 Å². The monoisotopic (exact) mass is 253 g/mol. The molecular formula is C11H12FN3OS. The highest BCUT2D eigenvalue weighted by atomic mass is 32.1. The Labute approximate surface area is 102 Å². The molecular weight excluding hydrogens is 241 g/mol. The standard InChI is InChI=1S/C11H12FN3OS/c1-16-10-3-2-7(12)4-8(10)9-6-17-11(15-9)5-14-13/h2-4,6,14H,5,13H2,1H3. The van der Waals surface area contributed by atoms with E-state index in [4.69, 9.17) is 10.6 Å². The van der Waals surface area contributed by atoms with Crippen LogP contribution in [0.3, 0.4) is 0 Å². The number of aromatic nitrogens is 1. The summed E-state index contributed by atoms with van der Waals surface area (Å²) in [6, 6.07) is 4.36. The molecule has 6 heteroatoms. The zero-order valence-corrected chi connectivity index (χ0v) is 10.1. The predicted octanol–water partition coefficient (Wildman–Crippen LogP) is 1.92. The normalized spacial score (nSPS) is 10.5. The van der Waals surface area contributed by atoms with Gasteiger partial charge in [0.2, 0.25) is 0 Å². The molecule has 0 spiro atoms. The van der Waals surface area contributed by atoms with E-state index in [0.717, 1.165) is 5.01 Å². The molecule has 0 fully saturated rings. The van der Waals surface area contributed by atoms with Crippen molar-refractivity contribution in [2.24, 2.45) is 5.84 Å². The maximum atomic E-state index is 13.2. The fourth-order valence-electron chi connectivity index (χ4n) is 1.48. The first-order chi connectivity index (χ1) is 8.24. The van der Waals surface area contributed by atoms with Crippen LogP contribution in [0.5, 0.6) is 5.75 Å². The predicted molar refractivity (Wildman–Crippen MR) is 65.1 cm³/mol. The van der Waals surface area contributed by atoms with Gasteiger partial charge in [-0.1, -0.05) is 0 Å². The Kier molecular flexibility index (Phi) is 3.68. The Morgan fingerprint density at radius 3 is 3.06 bits per heavy atom. The molecule has 0 amide bonds. The van der Waals surface area contributed by atoms with Gasteiger partial charge in [0.1, 0.15) is 16.6 Å². The Morgan fingerprint density at radius 1 is 1.53 bits per heavy atom. The van der Waals surface area contributed by atoms with Gasteiger partial charge in [-0.05, 0) is 18.2 Å². The number of halogens is 1. The van der Waals surface area contributed by atoms with Gasteiger partial charge in [0.15, 0.2) is 0 Å². The molecule has 0 aliphatic heterocycles. The van der Waals surface area contributed by atoms with E-state index in [1.54, 1.807) is 13.2 Å². The lowest BCUT2D eigenvalue weighted by molar-refractivity contribution is 0.415. The lowest BCUT2D eigenvalue weighted by atomic mass is 10.1. The number of hydrazine groups is 1. The van der Waals surface area contributed by atoms with Gasteiger partial charge in [-0.15, -0.1) is 11.3 Å². The SMILES string of the molecule is COc1ccc(F)cc1-c1csc(CNN)n1. The molecule has 2 aromatic rings. The van der Waals surface area contributed by atoms with E-state index in [-0.39, 0.29) is 5.82 Å². The number of rotatable bonds is 4. The largest absolute Gasteiger partial charge is 0.496 e. The molecule has 0 unspecified atom stereocenters. The number of thiazole rings is 1. The summed E-state index contributed by atoms with van der Waals surface area (Å²) < 4.78 is 18.4. The minimum atomic E-state index is -0.313. The molecule has 1 heterocycles.